The lowest BCUT2D eigenvalue weighted by Gasteiger charge is -2.25. The van der Waals surface area contributed by atoms with E-state index < -0.39 is 0 Å². The minimum atomic E-state index is 0.303. The zero-order valence-corrected chi connectivity index (χ0v) is 19.0. The van der Waals surface area contributed by atoms with Crippen molar-refractivity contribution in [3.05, 3.63) is 116 Å². The van der Waals surface area contributed by atoms with Crippen molar-refractivity contribution in [2.45, 2.75) is 24.2 Å². The topological polar surface area (TPSA) is 31.6 Å². The average molecular weight is 451 g/mol. The number of nitrogens with one attached hydrogen (secondary N) is 2. The standard InChI is InChI=1S/C28H22N2S2/c1-3-10-22-18(8-1)21(16-29-22)27-26(24-12-6-14-32-24)20(15-17-7-5-13-31-17)25-19-9-2-4-11-23(19)30-28(25)27/h1-14,16,20,26-27,29-30H,15H2/t20-,26-,27-/m0/s1. The highest BCUT2D eigenvalue weighted by Gasteiger charge is 2.45. The molecule has 0 fully saturated rings. The lowest BCUT2D eigenvalue weighted by atomic mass is 9.80. The molecule has 4 heterocycles. The third kappa shape index (κ3) is 2.70. The Labute approximate surface area is 194 Å². The summed E-state index contributed by atoms with van der Waals surface area (Å²) in [6, 6.07) is 26.6. The molecule has 0 bridgehead atoms. The van der Waals surface area contributed by atoms with Crippen LogP contribution in [0, 0.1) is 0 Å². The molecule has 0 aliphatic heterocycles. The highest BCUT2D eigenvalue weighted by Crippen LogP contribution is 2.59. The molecular formula is C28H22N2S2. The molecule has 1 aliphatic rings. The number of benzene rings is 2. The molecule has 32 heavy (non-hydrogen) atoms. The third-order valence-electron chi connectivity index (χ3n) is 7.08. The first-order chi connectivity index (χ1) is 15.9. The molecule has 0 amide bonds. The predicted molar refractivity (Wildman–Crippen MR) is 136 cm³/mol. The molecule has 156 valence electrons. The van der Waals surface area contributed by atoms with E-state index in [1.807, 2.05) is 22.7 Å². The van der Waals surface area contributed by atoms with Crippen molar-refractivity contribution in [2.75, 3.05) is 0 Å². The second-order valence-electron chi connectivity index (χ2n) is 8.70. The second kappa shape index (κ2) is 7.22. The number of H-pyrrole nitrogens is 2. The number of rotatable bonds is 4. The van der Waals surface area contributed by atoms with Crippen LogP contribution in [0.5, 0.6) is 0 Å². The number of aromatic nitrogens is 2. The van der Waals surface area contributed by atoms with Gasteiger partial charge in [-0.3, -0.25) is 0 Å². The van der Waals surface area contributed by atoms with Gasteiger partial charge in [0.25, 0.3) is 0 Å². The Kier molecular flexibility index (Phi) is 4.17. The summed E-state index contributed by atoms with van der Waals surface area (Å²) >= 11 is 3.78. The summed E-state index contributed by atoms with van der Waals surface area (Å²) in [6.07, 6.45) is 3.33. The lowest BCUT2D eigenvalue weighted by molar-refractivity contribution is 0.547. The summed E-state index contributed by atoms with van der Waals surface area (Å²) in [5, 5.41) is 7.15. The highest BCUT2D eigenvalue weighted by molar-refractivity contribution is 7.10. The Morgan fingerprint density at radius 2 is 1.53 bits per heavy atom. The van der Waals surface area contributed by atoms with Gasteiger partial charge >= 0.3 is 0 Å². The molecule has 0 unspecified atom stereocenters. The SMILES string of the molecule is c1csc(C[C@H]2c3c([nH]c4ccccc34)[C@@H](c3c[nH]c4ccccc34)[C@@H]2c2cccs2)c1. The maximum atomic E-state index is 3.87. The molecule has 4 heteroatoms. The van der Waals surface area contributed by atoms with Crippen LogP contribution in [-0.4, -0.2) is 9.97 Å². The van der Waals surface area contributed by atoms with Crippen LogP contribution in [0.2, 0.25) is 0 Å². The van der Waals surface area contributed by atoms with Crippen LogP contribution in [0.4, 0.5) is 0 Å². The maximum absolute atomic E-state index is 3.87. The van der Waals surface area contributed by atoms with Crippen molar-refractivity contribution in [2.24, 2.45) is 0 Å². The Balaban J connectivity index is 1.51. The predicted octanol–water partition coefficient (Wildman–Crippen LogP) is 8.03. The Morgan fingerprint density at radius 1 is 0.750 bits per heavy atom. The molecule has 7 rings (SSSR count). The summed E-state index contributed by atoms with van der Waals surface area (Å²) in [5.74, 6) is 1.16. The van der Waals surface area contributed by atoms with E-state index in [-0.39, 0.29) is 0 Å². The molecule has 1 aliphatic carbocycles. The summed E-state index contributed by atoms with van der Waals surface area (Å²) in [5.41, 5.74) is 6.79. The van der Waals surface area contributed by atoms with Gasteiger partial charge in [0.15, 0.2) is 0 Å². The van der Waals surface area contributed by atoms with Crippen LogP contribution in [0.15, 0.2) is 89.8 Å². The second-order valence-corrected chi connectivity index (χ2v) is 10.7. The monoisotopic (exact) mass is 450 g/mol. The van der Waals surface area contributed by atoms with Crippen LogP contribution in [-0.2, 0) is 6.42 Å². The van der Waals surface area contributed by atoms with Gasteiger partial charge in [-0.25, -0.2) is 0 Å². The largest absolute Gasteiger partial charge is 0.361 e. The first kappa shape index (κ1) is 18.5. The van der Waals surface area contributed by atoms with Gasteiger partial charge in [0.05, 0.1) is 0 Å². The van der Waals surface area contributed by atoms with Crippen molar-refractivity contribution < 1.29 is 0 Å². The number of aromatic amines is 2. The van der Waals surface area contributed by atoms with Crippen LogP contribution in [0.25, 0.3) is 21.8 Å². The zero-order chi connectivity index (χ0) is 21.1. The highest BCUT2D eigenvalue weighted by atomic mass is 32.1. The summed E-state index contributed by atoms with van der Waals surface area (Å²) in [6.45, 7) is 0. The number of hydrogen-bond donors (Lipinski definition) is 2. The van der Waals surface area contributed by atoms with Gasteiger partial charge in [0.1, 0.15) is 0 Å². The minimum Gasteiger partial charge on any atom is -0.361 e. The van der Waals surface area contributed by atoms with Gasteiger partial charge in [-0.1, -0.05) is 48.5 Å². The van der Waals surface area contributed by atoms with Crippen molar-refractivity contribution in [3.63, 3.8) is 0 Å². The van der Waals surface area contributed by atoms with Crippen molar-refractivity contribution in [3.8, 4) is 0 Å². The number of hydrogen-bond acceptors (Lipinski definition) is 2. The molecule has 0 saturated heterocycles. The van der Waals surface area contributed by atoms with Crippen molar-refractivity contribution in [1.82, 2.24) is 9.97 Å². The van der Waals surface area contributed by atoms with Gasteiger partial charge in [-0.2, -0.15) is 0 Å². The quantitative estimate of drug-likeness (QED) is 0.272. The smallest absolute Gasteiger partial charge is 0.0459 e. The number of para-hydroxylation sites is 2. The van der Waals surface area contributed by atoms with Crippen molar-refractivity contribution >= 4 is 44.5 Å². The van der Waals surface area contributed by atoms with E-state index in [1.165, 1.54) is 48.4 Å². The van der Waals surface area contributed by atoms with E-state index in [2.05, 4.69) is 99.7 Å². The molecule has 0 spiro atoms. The van der Waals surface area contributed by atoms with E-state index in [1.54, 1.807) is 0 Å². The molecule has 2 aromatic carbocycles. The summed E-state index contributed by atoms with van der Waals surface area (Å²) in [4.78, 5) is 10.4. The summed E-state index contributed by atoms with van der Waals surface area (Å²) < 4.78 is 0. The fourth-order valence-corrected chi connectivity index (χ4v) is 7.53. The van der Waals surface area contributed by atoms with E-state index in [4.69, 9.17) is 0 Å². The normalized spacial score (nSPS) is 20.3. The molecule has 4 aromatic heterocycles. The first-order valence-corrected chi connectivity index (χ1v) is 12.9. The van der Waals surface area contributed by atoms with Crippen molar-refractivity contribution in [1.29, 1.82) is 0 Å². The number of fused-ring (bicyclic) bond motifs is 4. The Hall–Kier alpha value is -3.08. The van der Waals surface area contributed by atoms with Gasteiger partial charge in [-0.15, -0.1) is 22.7 Å². The Morgan fingerprint density at radius 3 is 2.34 bits per heavy atom. The van der Waals surface area contributed by atoms with Crippen LogP contribution in [0.1, 0.15) is 44.3 Å². The summed E-state index contributed by atoms with van der Waals surface area (Å²) in [7, 11) is 0. The van der Waals surface area contributed by atoms with E-state index in [0.717, 1.165) is 6.42 Å². The van der Waals surface area contributed by atoms with Gasteiger partial charge in [0, 0.05) is 55.3 Å². The molecule has 0 saturated carbocycles. The number of thiophene rings is 2. The van der Waals surface area contributed by atoms with Crippen LogP contribution >= 0.6 is 22.7 Å². The molecule has 2 nitrogen and oxygen atoms in total. The molecular weight excluding hydrogens is 428 g/mol. The average Bonchev–Trinajstić information content (AvgIpc) is 3.62. The fourth-order valence-electron chi connectivity index (χ4n) is 5.84. The lowest BCUT2D eigenvalue weighted by Crippen LogP contribution is -2.13. The molecule has 3 atom stereocenters. The maximum Gasteiger partial charge on any atom is 0.0459 e. The van der Waals surface area contributed by atoms with Gasteiger partial charge in [0.2, 0.25) is 0 Å². The Bertz CT molecular complexity index is 1520. The minimum absolute atomic E-state index is 0.303. The molecule has 6 aromatic rings. The molecule has 0 radical (unpaired) electrons. The zero-order valence-electron chi connectivity index (χ0n) is 17.4. The molecule has 2 N–H and O–H groups in total. The van der Waals surface area contributed by atoms with Gasteiger partial charge < -0.3 is 9.97 Å². The third-order valence-corrected chi connectivity index (χ3v) is 8.95. The van der Waals surface area contributed by atoms with E-state index in [9.17, 15) is 0 Å². The van der Waals surface area contributed by atoms with Crippen LogP contribution in [0.3, 0.4) is 0 Å². The van der Waals surface area contributed by atoms with Crippen LogP contribution < -0.4 is 0 Å². The van der Waals surface area contributed by atoms with E-state index in [0.29, 0.717) is 17.8 Å². The first-order valence-electron chi connectivity index (χ1n) is 11.1. The van der Waals surface area contributed by atoms with Gasteiger partial charge in [-0.05, 0) is 58.5 Å². The fraction of sp³-hybridized carbons (Fsp3) is 0.143. The van der Waals surface area contributed by atoms with E-state index >= 15 is 0 Å².